The summed E-state index contributed by atoms with van der Waals surface area (Å²) in [4.78, 5) is 9.89. The SMILES string of the molecule is N[C@H](CO)c1cc(Br)c(Cl)c([N+](=O)[O-])c1O. The highest BCUT2D eigenvalue weighted by Crippen LogP contribution is 2.43. The van der Waals surface area contributed by atoms with Gasteiger partial charge in [-0.1, -0.05) is 11.6 Å². The van der Waals surface area contributed by atoms with Crippen LogP contribution in [0, 0.1) is 10.1 Å². The van der Waals surface area contributed by atoms with E-state index in [1.54, 1.807) is 0 Å². The fraction of sp³-hybridized carbons (Fsp3) is 0.250. The summed E-state index contributed by atoms with van der Waals surface area (Å²) in [7, 11) is 0. The molecule has 1 aromatic rings. The van der Waals surface area contributed by atoms with Gasteiger partial charge in [-0.05, 0) is 22.0 Å². The molecule has 1 atom stereocenters. The first-order valence-electron chi connectivity index (χ1n) is 4.11. The van der Waals surface area contributed by atoms with Crippen LogP contribution in [0.1, 0.15) is 11.6 Å². The van der Waals surface area contributed by atoms with Crippen LogP contribution in [0.3, 0.4) is 0 Å². The lowest BCUT2D eigenvalue weighted by molar-refractivity contribution is -0.385. The molecule has 0 bridgehead atoms. The van der Waals surface area contributed by atoms with E-state index in [-0.39, 0.29) is 15.1 Å². The van der Waals surface area contributed by atoms with Crippen molar-refractivity contribution in [2.75, 3.05) is 6.61 Å². The maximum absolute atomic E-state index is 10.7. The predicted molar refractivity (Wildman–Crippen MR) is 61.5 cm³/mol. The molecule has 0 amide bonds. The molecule has 1 rings (SSSR count). The normalized spacial score (nSPS) is 12.5. The summed E-state index contributed by atoms with van der Waals surface area (Å²) in [5.41, 5.74) is 4.92. The number of benzene rings is 1. The number of hydrogen-bond donors (Lipinski definition) is 3. The zero-order valence-corrected chi connectivity index (χ0v) is 10.2. The summed E-state index contributed by atoms with van der Waals surface area (Å²) in [6, 6.07) is 0.429. The number of phenols is 1. The fourth-order valence-corrected chi connectivity index (χ4v) is 1.82. The zero-order chi connectivity index (χ0) is 12.5. The third-order valence-electron chi connectivity index (χ3n) is 1.98. The summed E-state index contributed by atoms with van der Waals surface area (Å²) in [5.74, 6) is -0.625. The van der Waals surface area contributed by atoms with Crippen molar-refractivity contribution in [1.29, 1.82) is 0 Å². The number of phenolic OH excluding ortho intramolecular Hbond substituents is 1. The third kappa shape index (κ3) is 2.27. The van der Waals surface area contributed by atoms with Crippen molar-refractivity contribution in [2.24, 2.45) is 5.73 Å². The van der Waals surface area contributed by atoms with E-state index in [0.29, 0.717) is 0 Å². The molecule has 0 aliphatic carbocycles. The van der Waals surface area contributed by atoms with Gasteiger partial charge in [-0.15, -0.1) is 0 Å². The fourth-order valence-electron chi connectivity index (χ4n) is 1.17. The minimum absolute atomic E-state index is 0.0606. The topological polar surface area (TPSA) is 110 Å². The van der Waals surface area contributed by atoms with E-state index in [2.05, 4.69) is 15.9 Å². The molecule has 0 aliphatic rings. The van der Waals surface area contributed by atoms with Gasteiger partial charge in [0, 0.05) is 10.0 Å². The highest BCUT2D eigenvalue weighted by Gasteiger charge is 2.26. The molecule has 0 aliphatic heterocycles. The maximum Gasteiger partial charge on any atom is 0.330 e. The number of nitrogens with zero attached hydrogens (tertiary/aromatic N) is 1. The van der Waals surface area contributed by atoms with Crippen LogP contribution in [0.5, 0.6) is 5.75 Å². The molecule has 6 nitrogen and oxygen atoms in total. The van der Waals surface area contributed by atoms with Crippen molar-refractivity contribution in [3.63, 3.8) is 0 Å². The number of rotatable bonds is 3. The van der Waals surface area contributed by atoms with E-state index >= 15 is 0 Å². The van der Waals surface area contributed by atoms with Crippen LogP contribution < -0.4 is 5.73 Å². The number of aliphatic hydroxyl groups excluding tert-OH is 1. The summed E-state index contributed by atoms with van der Waals surface area (Å²) in [6.45, 7) is -0.446. The molecule has 4 N–H and O–H groups in total. The average molecular weight is 312 g/mol. The Hall–Kier alpha value is -0.890. The molecular weight excluding hydrogens is 303 g/mol. The molecule has 0 aromatic heterocycles. The van der Waals surface area contributed by atoms with Crippen LogP contribution in [0.25, 0.3) is 0 Å². The van der Waals surface area contributed by atoms with Gasteiger partial charge in [0.2, 0.25) is 5.75 Å². The summed E-state index contributed by atoms with van der Waals surface area (Å²) in [6.07, 6.45) is 0. The minimum Gasteiger partial charge on any atom is -0.502 e. The van der Waals surface area contributed by atoms with Gasteiger partial charge >= 0.3 is 5.69 Å². The minimum atomic E-state index is -0.910. The second kappa shape index (κ2) is 4.96. The Morgan fingerprint density at radius 3 is 2.69 bits per heavy atom. The van der Waals surface area contributed by atoms with E-state index in [0.717, 1.165) is 0 Å². The maximum atomic E-state index is 10.7. The lowest BCUT2D eigenvalue weighted by Crippen LogP contribution is -2.15. The van der Waals surface area contributed by atoms with Gasteiger partial charge in [0.15, 0.2) is 0 Å². The van der Waals surface area contributed by atoms with Crippen molar-refractivity contribution < 1.29 is 15.1 Å². The van der Waals surface area contributed by atoms with Crippen molar-refractivity contribution >= 4 is 33.2 Å². The van der Waals surface area contributed by atoms with Crippen LogP contribution in [0.15, 0.2) is 10.5 Å². The molecule has 0 saturated carbocycles. The molecule has 0 unspecified atom stereocenters. The smallest absolute Gasteiger partial charge is 0.330 e. The lowest BCUT2D eigenvalue weighted by atomic mass is 10.1. The number of aromatic hydroxyl groups is 1. The Kier molecular flexibility index (Phi) is 4.09. The van der Waals surface area contributed by atoms with Gasteiger partial charge in [-0.3, -0.25) is 10.1 Å². The molecule has 0 radical (unpaired) electrons. The molecule has 0 spiro atoms. The number of aliphatic hydroxyl groups is 1. The zero-order valence-electron chi connectivity index (χ0n) is 7.85. The number of nitro benzene ring substituents is 1. The molecule has 1 aromatic carbocycles. The molecule has 88 valence electrons. The number of halogens is 2. The first kappa shape index (κ1) is 13.2. The second-order valence-electron chi connectivity index (χ2n) is 3.00. The van der Waals surface area contributed by atoms with Crippen molar-refractivity contribution in [3.05, 3.63) is 31.2 Å². The lowest BCUT2D eigenvalue weighted by Gasteiger charge is -2.12. The Balaban J connectivity index is 3.50. The van der Waals surface area contributed by atoms with Gasteiger partial charge in [0.25, 0.3) is 0 Å². The van der Waals surface area contributed by atoms with E-state index in [9.17, 15) is 15.2 Å². The summed E-state index contributed by atoms with van der Waals surface area (Å²) in [5, 5.41) is 29.0. The number of nitrogens with two attached hydrogens (primary N) is 1. The standard InChI is InChI=1S/C8H8BrClN2O4/c9-4-1-3(5(11)2-13)8(14)7(6(4)10)12(15)16/h1,5,13-14H,2,11H2/t5-/m1/s1. The Bertz CT molecular complexity index is 441. The van der Waals surface area contributed by atoms with Gasteiger partial charge in [0.1, 0.15) is 5.02 Å². The van der Waals surface area contributed by atoms with Crippen molar-refractivity contribution in [2.45, 2.75) is 6.04 Å². The summed E-state index contributed by atoms with van der Waals surface area (Å²) >= 11 is 8.67. The monoisotopic (exact) mass is 310 g/mol. The second-order valence-corrected chi connectivity index (χ2v) is 4.24. The van der Waals surface area contributed by atoms with Gasteiger partial charge in [-0.25, -0.2) is 0 Å². The van der Waals surface area contributed by atoms with Gasteiger partial charge in [-0.2, -0.15) is 0 Å². The average Bonchev–Trinajstić information content (AvgIpc) is 2.22. The Labute approximate surface area is 104 Å². The van der Waals surface area contributed by atoms with Crippen LogP contribution in [-0.4, -0.2) is 21.7 Å². The quantitative estimate of drug-likeness (QED) is 0.581. The van der Waals surface area contributed by atoms with Crippen LogP contribution in [-0.2, 0) is 0 Å². The Morgan fingerprint density at radius 2 is 2.25 bits per heavy atom. The third-order valence-corrected chi connectivity index (χ3v) is 3.21. The first-order valence-corrected chi connectivity index (χ1v) is 5.29. The molecule has 16 heavy (non-hydrogen) atoms. The molecule has 0 fully saturated rings. The van der Waals surface area contributed by atoms with Crippen LogP contribution in [0.2, 0.25) is 5.02 Å². The molecular formula is C8H8BrClN2O4. The number of hydrogen-bond acceptors (Lipinski definition) is 5. The van der Waals surface area contributed by atoms with Crippen molar-refractivity contribution in [3.8, 4) is 5.75 Å². The Morgan fingerprint density at radius 1 is 1.69 bits per heavy atom. The van der Waals surface area contributed by atoms with E-state index < -0.39 is 29.0 Å². The van der Waals surface area contributed by atoms with E-state index in [4.69, 9.17) is 22.4 Å². The van der Waals surface area contributed by atoms with Crippen LogP contribution in [0.4, 0.5) is 5.69 Å². The van der Waals surface area contributed by atoms with Crippen molar-refractivity contribution in [1.82, 2.24) is 0 Å². The number of nitro groups is 1. The first-order chi connectivity index (χ1) is 7.40. The van der Waals surface area contributed by atoms with Crippen LogP contribution >= 0.6 is 27.5 Å². The molecule has 8 heteroatoms. The van der Waals surface area contributed by atoms with E-state index in [1.165, 1.54) is 6.07 Å². The summed E-state index contributed by atoms with van der Waals surface area (Å²) < 4.78 is 0.234. The highest BCUT2D eigenvalue weighted by atomic mass is 79.9. The molecule has 0 heterocycles. The predicted octanol–water partition coefficient (Wildman–Crippen LogP) is 1.71. The largest absolute Gasteiger partial charge is 0.502 e. The van der Waals surface area contributed by atoms with Gasteiger partial charge in [0.05, 0.1) is 17.6 Å². The highest BCUT2D eigenvalue weighted by molar-refractivity contribution is 9.10. The van der Waals surface area contributed by atoms with Gasteiger partial charge < -0.3 is 15.9 Å². The molecule has 0 saturated heterocycles. The van der Waals surface area contributed by atoms with E-state index in [1.807, 2.05) is 0 Å².